The van der Waals surface area contributed by atoms with Crippen molar-refractivity contribution in [3.8, 4) is 11.5 Å². The predicted octanol–water partition coefficient (Wildman–Crippen LogP) is 4.46. The fraction of sp³-hybridized carbons (Fsp3) is 0.208. The Morgan fingerprint density at radius 2 is 1.32 bits per heavy atom. The lowest BCUT2D eigenvalue weighted by Gasteiger charge is -2.21. The van der Waals surface area contributed by atoms with Crippen molar-refractivity contribution in [3.05, 3.63) is 95.1 Å². The number of carbonyl (C=O) groups excluding carboxylic acids is 1. The van der Waals surface area contributed by atoms with Gasteiger partial charge in [0, 0.05) is 0 Å². The molecule has 0 unspecified atom stereocenters. The second-order valence-electron chi connectivity index (χ2n) is 6.65. The average molecular weight is 375 g/mol. The van der Waals surface area contributed by atoms with E-state index in [1.165, 1.54) is 0 Å². The lowest BCUT2D eigenvalue weighted by Crippen LogP contribution is -2.30. The van der Waals surface area contributed by atoms with Crippen LogP contribution in [0.5, 0.6) is 11.5 Å². The molecule has 4 nitrogen and oxygen atoms in total. The number of amides is 1. The normalized spacial score (nSPS) is 10.6. The van der Waals surface area contributed by atoms with Gasteiger partial charge in [0.05, 0.1) is 26.7 Å². The lowest BCUT2D eigenvalue weighted by atomic mass is 9.97. The van der Waals surface area contributed by atoms with Crippen LogP contribution in [0.25, 0.3) is 0 Å². The van der Waals surface area contributed by atoms with Crippen LogP contribution in [0.1, 0.15) is 28.3 Å². The smallest absolute Gasteiger partial charge is 0.225 e. The monoisotopic (exact) mass is 375 g/mol. The summed E-state index contributed by atoms with van der Waals surface area (Å²) in [6.45, 7) is 2.02. The molecule has 0 atom stereocenters. The summed E-state index contributed by atoms with van der Waals surface area (Å²) in [5.41, 5.74) is 4.12. The van der Waals surface area contributed by atoms with E-state index in [1.807, 2.05) is 79.7 Å². The summed E-state index contributed by atoms with van der Waals surface area (Å²) in [5, 5.41) is 3.18. The Kier molecular flexibility index (Phi) is 6.33. The van der Waals surface area contributed by atoms with E-state index in [0.29, 0.717) is 6.42 Å². The first-order chi connectivity index (χ1) is 13.6. The Balaban J connectivity index is 1.86. The van der Waals surface area contributed by atoms with Crippen molar-refractivity contribution in [2.24, 2.45) is 0 Å². The van der Waals surface area contributed by atoms with Gasteiger partial charge < -0.3 is 14.8 Å². The highest BCUT2D eigenvalue weighted by Gasteiger charge is 2.18. The van der Waals surface area contributed by atoms with E-state index in [0.717, 1.165) is 33.8 Å². The molecule has 0 bridgehead atoms. The summed E-state index contributed by atoms with van der Waals surface area (Å²) in [7, 11) is 3.28. The zero-order valence-electron chi connectivity index (χ0n) is 16.4. The van der Waals surface area contributed by atoms with Gasteiger partial charge in [-0.25, -0.2) is 0 Å². The Hall–Kier alpha value is -3.27. The Bertz CT molecular complexity index is 870. The second-order valence-corrected chi connectivity index (χ2v) is 6.65. The molecule has 1 amide bonds. The Morgan fingerprint density at radius 1 is 0.821 bits per heavy atom. The van der Waals surface area contributed by atoms with Crippen molar-refractivity contribution in [1.82, 2.24) is 5.32 Å². The number of hydrogen-bond acceptors (Lipinski definition) is 3. The lowest BCUT2D eigenvalue weighted by molar-refractivity contribution is -0.120. The number of aryl methyl sites for hydroxylation is 1. The van der Waals surface area contributed by atoms with Gasteiger partial charge in [-0.3, -0.25) is 4.79 Å². The number of rotatable bonds is 7. The molecule has 0 radical (unpaired) electrons. The molecule has 3 aromatic rings. The molecular formula is C24H25NO3. The maximum atomic E-state index is 12.8. The van der Waals surface area contributed by atoms with Crippen LogP contribution in [0.4, 0.5) is 0 Å². The molecule has 3 rings (SSSR count). The first kappa shape index (κ1) is 19.5. The van der Waals surface area contributed by atoms with E-state index in [-0.39, 0.29) is 11.9 Å². The third-order valence-corrected chi connectivity index (χ3v) is 4.82. The van der Waals surface area contributed by atoms with Crippen LogP contribution in [-0.4, -0.2) is 20.1 Å². The summed E-state index contributed by atoms with van der Waals surface area (Å²) in [5.74, 6) is 1.54. The molecular weight excluding hydrogens is 350 g/mol. The standard InChI is InChI=1S/C24H25NO3/c1-17-6-4-5-7-20(17)16-23(26)25-24(18-8-12-21(27-2)13-9-18)19-10-14-22(28-3)15-11-19/h4-15,24H,16H2,1-3H3,(H,25,26). The number of benzene rings is 3. The van der Waals surface area contributed by atoms with E-state index in [1.54, 1.807) is 14.2 Å². The largest absolute Gasteiger partial charge is 0.497 e. The molecule has 0 saturated carbocycles. The van der Waals surface area contributed by atoms with Gasteiger partial charge >= 0.3 is 0 Å². The van der Waals surface area contributed by atoms with Crippen LogP contribution in [0.3, 0.4) is 0 Å². The topological polar surface area (TPSA) is 47.6 Å². The van der Waals surface area contributed by atoms with Crippen molar-refractivity contribution >= 4 is 5.91 Å². The minimum atomic E-state index is -0.256. The Labute approximate surface area is 166 Å². The molecule has 4 heteroatoms. The van der Waals surface area contributed by atoms with Crippen molar-refractivity contribution < 1.29 is 14.3 Å². The predicted molar refractivity (Wildman–Crippen MR) is 111 cm³/mol. The van der Waals surface area contributed by atoms with E-state index in [4.69, 9.17) is 9.47 Å². The molecule has 0 spiro atoms. The summed E-state index contributed by atoms with van der Waals surface area (Å²) in [4.78, 5) is 12.8. The second kappa shape index (κ2) is 9.09. The van der Waals surface area contributed by atoms with E-state index < -0.39 is 0 Å². The molecule has 0 aliphatic carbocycles. The number of ether oxygens (including phenoxy) is 2. The minimum absolute atomic E-state index is 0.0223. The maximum Gasteiger partial charge on any atom is 0.225 e. The zero-order valence-corrected chi connectivity index (χ0v) is 16.4. The quantitative estimate of drug-likeness (QED) is 0.663. The zero-order chi connectivity index (χ0) is 19.9. The van der Waals surface area contributed by atoms with Gasteiger partial charge in [0.15, 0.2) is 0 Å². The van der Waals surface area contributed by atoms with Crippen molar-refractivity contribution in [2.45, 2.75) is 19.4 Å². The molecule has 0 aliphatic rings. The fourth-order valence-corrected chi connectivity index (χ4v) is 3.15. The van der Waals surface area contributed by atoms with Gasteiger partial charge in [0.2, 0.25) is 5.91 Å². The summed E-state index contributed by atoms with van der Waals surface area (Å²) >= 11 is 0. The molecule has 144 valence electrons. The summed E-state index contributed by atoms with van der Waals surface area (Å²) in [6.07, 6.45) is 0.343. The third kappa shape index (κ3) is 4.71. The fourth-order valence-electron chi connectivity index (χ4n) is 3.15. The van der Waals surface area contributed by atoms with Crippen LogP contribution in [0.2, 0.25) is 0 Å². The first-order valence-electron chi connectivity index (χ1n) is 9.22. The molecule has 3 aromatic carbocycles. The highest BCUT2D eigenvalue weighted by atomic mass is 16.5. The van der Waals surface area contributed by atoms with Crippen LogP contribution >= 0.6 is 0 Å². The number of methoxy groups -OCH3 is 2. The van der Waals surface area contributed by atoms with Gasteiger partial charge in [-0.15, -0.1) is 0 Å². The van der Waals surface area contributed by atoms with Gasteiger partial charge in [0.1, 0.15) is 11.5 Å². The SMILES string of the molecule is COc1ccc(C(NC(=O)Cc2ccccc2C)c2ccc(OC)cc2)cc1. The number of nitrogens with one attached hydrogen (secondary N) is 1. The Morgan fingerprint density at radius 3 is 1.79 bits per heavy atom. The van der Waals surface area contributed by atoms with Gasteiger partial charge in [-0.05, 0) is 53.4 Å². The molecule has 0 fully saturated rings. The summed E-state index contributed by atoms with van der Waals surface area (Å²) in [6, 6.07) is 23.2. The molecule has 0 heterocycles. The molecule has 0 aliphatic heterocycles. The van der Waals surface area contributed by atoms with Crippen LogP contribution in [0, 0.1) is 6.92 Å². The van der Waals surface area contributed by atoms with Crippen LogP contribution in [0.15, 0.2) is 72.8 Å². The highest BCUT2D eigenvalue weighted by molar-refractivity contribution is 5.80. The number of carbonyl (C=O) groups is 1. The van der Waals surface area contributed by atoms with Gasteiger partial charge in [-0.1, -0.05) is 48.5 Å². The minimum Gasteiger partial charge on any atom is -0.497 e. The van der Waals surface area contributed by atoms with Crippen LogP contribution in [-0.2, 0) is 11.2 Å². The number of hydrogen-bond donors (Lipinski definition) is 1. The van der Waals surface area contributed by atoms with E-state index in [2.05, 4.69) is 5.32 Å². The van der Waals surface area contributed by atoms with Crippen molar-refractivity contribution in [3.63, 3.8) is 0 Å². The molecule has 0 aromatic heterocycles. The average Bonchev–Trinajstić information content (AvgIpc) is 2.74. The van der Waals surface area contributed by atoms with Gasteiger partial charge in [0.25, 0.3) is 0 Å². The van der Waals surface area contributed by atoms with E-state index in [9.17, 15) is 4.79 Å². The summed E-state index contributed by atoms with van der Waals surface area (Å²) < 4.78 is 10.5. The maximum absolute atomic E-state index is 12.8. The highest BCUT2D eigenvalue weighted by Crippen LogP contribution is 2.26. The third-order valence-electron chi connectivity index (χ3n) is 4.82. The van der Waals surface area contributed by atoms with E-state index >= 15 is 0 Å². The van der Waals surface area contributed by atoms with Gasteiger partial charge in [-0.2, -0.15) is 0 Å². The van der Waals surface area contributed by atoms with Crippen molar-refractivity contribution in [1.29, 1.82) is 0 Å². The molecule has 28 heavy (non-hydrogen) atoms. The molecule has 0 saturated heterocycles. The molecule has 1 N–H and O–H groups in total. The first-order valence-corrected chi connectivity index (χ1v) is 9.22. The van der Waals surface area contributed by atoms with Crippen LogP contribution < -0.4 is 14.8 Å². The van der Waals surface area contributed by atoms with Crippen molar-refractivity contribution in [2.75, 3.05) is 14.2 Å².